The summed E-state index contributed by atoms with van der Waals surface area (Å²) in [6.07, 6.45) is 4.41. The number of aryl methyl sites for hydroxylation is 1. The molecule has 4 aromatic rings. The zero-order valence-corrected chi connectivity index (χ0v) is 19.3. The molecule has 5 nitrogen and oxygen atoms in total. The predicted octanol–water partition coefficient (Wildman–Crippen LogP) is 5.89. The molecule has 168 valence electrons. The quantitative estimate of drug-likeness (QED) is 0.284. The van der Waals surface area contributed by atoms with E-state index in [4.69, 9.17) is 5.10 Å². The number of amides is 1. The molecule has 0 unspecified atom stereocenters. The lowest BCUT2D eigenvalue weighted by Gasteiger charge is -2.14. The number of nitrogens with one attached hydrogen (secondary N) is 1. The monoisotopic (exact) mass is 446 g/mol. The Balaban J connectivity index is 1.65. The van der Waals surface area contributed by atoms with Crippen LogP contribution in [0.5, 0.6) is 0 Å². The predicted molar refractivity (Wildman–Crippen MR) is 135 cm³/mol. The molecule has 0 aliphatic rings. The SMILES string of the molecule is CCc1ccc([C@H](C)NC(=O)/C(C#N)=C\c2cn(-c3ccccc3)nc2-c2ccccc2)cc1. The van der Waals surface area contributed by atoms with E-state index >= 15 is 0 Å². The topological polar surface area (TPSA) is 70.7 Å². The van der Waals surface area contributed by atoms with Crippen molar-refractivity contribution in [1.82, 2.24) is 15.1 Å². The molecule has 0 fully saturated rings. The number of hydrogen-bond donors (Lipinski definition) is 1. The van der Waals surface area contributed by atoms with Gasteiger partial charge in [0.15, 0.2) is 0 Å². The number of carbonyl (C=O) groups excluding carboxylic acids is 1. The summed E-state index contributed by atoms with van der Waals surface area (Å²) >= 11 is 0. The zero-order chi connectivity index (χ0) is 23.9. The number of benzene rings is 3. The second-order valence-electron chi connectivity index (χ2n) is 8.04. The lowest BCUT2D eigenvalue weighted by Crippen LogP contribution is -2.27. The van der Waals surface area contributed by atoms with Gasteiger partial charge in [-0.25, -0.2) is 4.68 Å². The molecule has 0 aliphatic heterocycles. The molecule has 1 heterocycles. The fourth-order valence-electron chi connectivity index (χ4n) is 3.73. The maximum atomic E-state index is 13.0. The Morgan fingerprint density at radius 2 is 1.68 bits per heavy atom. The molecule has 0 saturated heterocycles. The van der Waals surface area contributed by atoms with Crippen LogP contribution < -0.4 is 5.32 Å². The summed E-state index contributed by atoms with van der Waals surface area (Å²) in [5, 5.41) is 17.5. The number of aromatic nitrogens is 2. The van der Waals surface area contributed by atoms with Crippen LogP contribution in [-0.2, 0) is 11.2 Å². The van der Waals surface area contributed by atoms with Crippen molar-refractivity contribution in [3.05, 3.63) is 113 Å². The van der Waals surface area contributed by atoms with Crippen molar-refractivity contribution in [3.8, 4) is 23.0 Å². The average molecular weight is 447 g/mol. The van der Waals surface area contributed by atoms with Crippen LogP contribution in [0.3, 0.4) is 0 Å². The largest absolute Gasteiger partial charge is 0.345 e. The summed E-state index contributed by atoms with van der Waals surface area (Å²) in [7, 11) is 0. The summed E-state index contributed by atoms with van der Waals surface area (Å²) in [5.74, 6) is -0.416. The molecule has 0 aliphatic carbocycles. The molecule has 0 saturated carbocycles. The van der Waals surface area contributed by atoms with Crippen molar-refractivity contribution in [1.29, 1.82) is 5.26 Å². The normalized spacial score (nSPS) is 12.1. The first-order valence-corrected chi connectivity index (χ1v) is 11.3. The molecule has 1 N–H and O–H groups in total. The zero-order valence-electron chi connectivity index (χ0n) is 19.3. The lowest BCUT2D eigenvalue weighted by molar-refractivity contribution is -0.117. The van der Waals surface area contributed by atoms with Gasteiger partial charge in [-0.1, -0.05) is 79.7 Å². The molecule has 1 aromatic heterocycles. The Morgan fingerprint density at radius 3 is 2.29 bits per heavy atom. The summed E-state index contributed by atoms with van der Waals surface area (Å²) in [6, 6.07) is 29.5. The van der Waals surface area contributed by atoms with Crippen LogP contribution >= 0.6 is 0 Å². The van der Waals surface area contributed by atoms with Gasteiger partial charge in [-0.2, -0.15) is 10.4 Å². The number of hydrogen-bond acceptors (Lipinski definition) is 3. The van der Waals surface area contributed by atoms with Gasteiger partial charge >= 0.3 is 0 Å². The van der Waals surface area contributed by atoms with E-state index in [1.807, 2.05) is 85.9 Å². The Hall–Kier alpha value is -4.43. The Kier molecular flexibility index (Phi) is 7.00. The third-order valence-corrected chi connectivity index (χ3v) is 5.71. The van der Waals surface area contributed by atoms with Gasteiger partial charge in [0.2, 0.25) is 0 Å². The summed E-state index contributed by atoms with van der Waals surface area (Å²) in [6.45, 7) is 4.02. The molecular weight excluding hydrogens is 420 g/mol. The van der Waals surface area contributed by atoms with E-state index in [0.717, 1.165) is 23.2 Å². The Bertz CT molecular complexity index is 1330. The smallest absolute Gasteiger partial charge is 0.262 e. The van der Waals surface area contributed by atoms with Gasteiger partial charge in [-0.3, -0.25) is 4.79 Å². The molecule has 3 aromatic carbocycles. The number of rotatable bonds is 7. The van der Waals surface area contributed by atoms with Crippen LogP contribution in [0.15, 0.2) is 96.7 Å². The molecule has 0 bridgehead atoms. The molecule has 34 heavy (non-hydrogen) atoms. The van der Waals surface area contributed by atoms with Crippen molar-refractivity contribution in [3.63, 3.8) is 0 Å². The van der Waals surface area contributed by atoms with E-state index in [1.54, 1.807) is 10.8 Å². The first kappa shape index (κ1) is 22.8. The minimum Gasteiger partial charge on any atom is -0.345 e. The molecule has 5 heteroatoms. The minimum atomic E-state index is -0.416. The number of nitriles is 1. The van der Waals surface area contributed by atoms with E-state index in [2.05, 4.69) is 30.4 Å². The Morgan fingerprint density at radius 1 is 1.03 bits per heavy atom. The third kappa shape index (κ3) is 5.13. The minimum absolute atomic E-state index is 0.0295. The third-order valence-electron chi connectivity index (χ3n) is 5.71. The number of nitrogens with zero attached hydrogens (tertiary/aromatic N) is 3. The van der Waals surface area contributed by atoms with Crippen LogP contribution in [0.4, 0.5) is 0 Å². The highest BCUT2D eigenvalue weighted by atomic mass is 16.1. The lowest BCUT2D eigenvalue weighted by atomic mass is 10.0. The van der Waals surface area contributed by atoms with E-state index in [1.165, 1.54) is 5.56 Å². The molecule has 1 atom stereocenters. The van der Waals surface area contributed by atoms with Gasteiger partial charge in [-0.15, -0.1) is 0 Å². The van der Waals surface area contributed by atoms with Crippen LogP contribution in [0, 0.1) is 11.3 Å². The highest BCUT2D eigenvalue weighted by Crippen LogP contribution is 2.26. The van der Waals surface area contributed by atoms with Crippen molar-refractivity contribution in [2.24, 2.45) is 0 Å². The molecule has 0 spiro atoms. The van der Waals surface area contributed by atoms with E-state index in [0.29, 0.717) is 11.3 Å². The van der Waals surface area contributed by atoms with Crippen molar-refractivity contribution in [2.45, 2.75) is 26.3 Å². The summed E-state index contributed by atoms with van der Waals surface area (Å²) in [4.78, 5) is 13.0. The number of para-hydroxylation sites is 1. The van der Waals surface area contributed by atoms with Crippen LogP contribution in [-0.4, -0.2) is 15.7 Å². The van der Waals surface area contributed by atoms with Crippen molar-refractivity contribution >= 4 is 12.0 Å². The maximum Gasteiger partial charge on any atom is 0.262 e. The number of carbonyl (C=O) groups is 1. The van der Waals surface area contributed by atoms with Gasteiger partial charge in [0, 0.05) is 17.3 Å². The molecule has 1 amide bonds. The fourth-order valence-corrected chi connectivity index (χ4v) is 3.73. The first-order chi connectivity index (χ1) is 16.6. The van der Waals surface area contributed by atoms with E-state index < -0.39 is 5.91 Å². The molecular formula is C29H26N4O. The van der Waals surface area contributed by atoms with Gasteiger partial charge in [-0.05, 0) is 42.7 Å². The van der Waals surface area contributed by atoms with Gasteiger partial charge in [0.25, 0.3) is 5.91 Å². The van der Waals surface area contributed by atoms with Crippen LogP contribution in [0.2, 0.25) is 0 Å². The van der Waals surface area contributed by atoms with E-state index in [9.17, 15) is 10.1 Å². The first-order valence-electron chi connectivity index (χ1n) is 11.3. The van der Waals surface area contributed by atoms with Gasteiger partial charge in [0.1, 0.15) is 11.6 Å². The van der Waals surface area contributed by atoms with Gasteiger partial charge < -0.3 is 5.32 Å². The average Bonchev–Trinajstić information content (AvgIpc) is 3.32. The van der Waals surface area contributed by atoms with E-state index in [-0.39, 0.29) is 11.6 Å². The van der Waals surface area contributed by atoms with Crippen molar-refractivity contribution < 1.29 is 4.79 Å². The van der Waals surface area contributed by atoms with Crippen LogP contribution in [0.25, 0.3) is 23.0 Å². The van der Waals surface area contributed by atoms with Crippen LogP contribution in [0.1, 0.15) is 36.6 Å². The fraction of sp³-hybridized carbons (Fsp3) is 0.138. The van der Waals surface area contributed by atoms with Crippen molar-refractivity contribution in [2.75, 3.05) is 0 Å². The van der Waals surface area contributed by atoms with Gasteiger partial charge in [0.05, 0.1) is 17.4 Å². The summed E-state index contributed by atoms with van der Waals surface area (Å²) < 4.78 is 1.76. The maximum absolute atomic E-state index is 13.0. The standard InChI is InChI=1S/C29H26N4O/c1-3-22-14-16-23(17-15-22)21(2)31-29(34)25(19-30)18-26-20-33(27-12-8-5-9-13-27)32-28(26)24-10-6-4-7-11-24/h4-18,20-21H,3H2,1-2H3,(H,31,34)/b25-18-/t21-/m0/s1. The Labute approximate surface area is 200 Å². The molecule has 0 radical (unpaired) electrons. The highest BCUT2D eigenvalue weighted by Gasteiger charge is 2.17. The highest BCUT2D eigenvalue weighted by molar-refractivity contribution is 6.02. The summed E-state index contributed by atoms with van der Waals surface area (Å²) in [5.41, 5.74) is 5.46. The second-order valence-corrected chi connectivity index (χ2v) is 8.04. The molecule has 4 rings (SSSR count). The second kappa shape index (κ2) is 10.5.